The number of hydrogen-bond donors (Lipinski definition) is 1. The zero-order valence-electron chi connectivity index (χ0n) is 13.5. The minimum atomic E-state index is -1.62. The lowest BCUT2D eigenvalue weighted by atomic mass is 10.0. The molecule has 2 heterocycles. The first-order valence-corrected chi connectivity index (χ1v) is 11.8. The molecule has 1 fully saturated rings. The van der Waals surface area contributed by atoms with Gasteiger partial charge in [-0.2, -0.15) is 0 Å². The van der Waals surface area contributed by atoms with Crippen LogP contribution in [-0.2, 0) is 21.9 Å². The fraction of sp³-hybridized carbons (Fsp3) is 0.769. The van der Waals surface area contributed by atoms with Crippen LogP contribution in [0, 0.1) is 0 Å². The molecule has 1 aliphatic rings. The van der Waals surface area contributed by atoms with Gasteiger partial charge in [0.05, 0.1) is 0 Å². The van der Waals surface area contributed by atoms with Gasteiger partial charge >= 0.3 is 0 Å². The lowest BCUT2D eigenvalue weighted by Gasteiger charge is -2.21. The number of amides is 1. The summed E-state index contributed by atoms with van der Waals surface area (Å²) in [6, 6.07) is 1.05. The molecule has 7 nitrogen and oxygen atoms in total. The molecule has 124 valence electrons. The molecule has 0 saturated carbocycles. The van der Waals surface area contributed by atoms with Crippen molar-refractivity contribution in [1.82, 2.24) is 19.7 Å². The molecule has 0 aliphatic carbocycles. The highest BCUT2D eigenvalue weighted by Crippen LogP contribution is 2.32. The molecule has 0 bridgehead atoms. The van der Waals surface area contributed by atoms with E-state index >= 15 is 0 Å². The van der Waals surface area contributed by atoms with E-state index in [1.165, 1.54) is 9.58 Å². The summed E-state index contributed by atoms with van der Waals surface area (Å²) in [4.78, 5) is 17.9. The molecule has 1 aliphatic heterocycles. The van der Waals surface area contributed by atoms with Gasteiger partial charge in [0.1, 0.15) is 6.73 Å². The van der Waals surface area contributed by atoms with Crippen molar-refractivity contribution in [3.8, 4) is 0 Å². The van der Waals surface area contributed by atoms with Crippen LogP contribution in [0.15, 0.2) is 4.73 Å². The van der Waals surface area contributed by atoms with Gasteiger partial charge < -0.3 is 14.7 Å². The van der Waals surface area contributed by atoms with Gasteiger partial charge in [-0.05, 0) is 22.0 Å². The number of rotatable bonds is 6. The molecular formula is C13H23BrN4O3Si. The van der Waals surface area contributed by atoms with Crippen LogP contribution in [0.25, 0.3) is 0 Å². The van der Waals surface area contributed by atoms with Crippen LogP contribution in [-0.4, -0.2) is 59.0 Å². The van der Waals surface area contributed by atoms with Crippen LogP contribution in [0.3, 0.4) is 0 Å². The molecule has 0 aromatic carbocycles. The Bertz CT molecular complexity index is 560. The molecule has 1 amide bonds. The van der Waals surface area contributed by atoms with E-state index in [-0.39, 0.29) is 18.5 Å². The average Bonchev–Trinajstić information content (AvgIpc) is 2.91. The molecule has 1 N–H and O–H groups in total. The number of aliphatic hydroxyl groups is 1. The van der Waals surface area contributed by atoms with E-state index < -0.39 is 13.7 Å². The van der Waals surface area contributed by atoms with Crippen molar-refractivity contribution in [2.24, 2.45) is 0 Å². The second-order valence-electron chi connectivity index (χ2n) is 6.89. The molecule has 2 rings (SSSR count). The van der Waals surface area contributed by atoms with Gasteiger partial charge in [0, 0.05) is 34.7 Å². The SMILES string of the molecule is CN1CC[C@@](O)(c2nc(Br)nn2COCC[Si](C)(C)C)C1=O. The number of likely N-dealkylation sites (tertiary alicyclic amines) is 1. The number of hydrogen-bond acceptors (Lipinski definition) is 5. The monoisotopic (exact) mass is 390 g/mol. The Labute approximate surface area is 139 Å². The third kappa shape index (κ3) is 3.76. The smallest absolute Gasteiger partial charge is 0.262 e. The number of ether oxygens (including phenoxy) is 1. The van der Waals surface area contributed by atoms with E-state index in [1.54, 1.807) is 7.05 Å². The Hall–Kier alpha value is -0.773. The van der Waals surface area contributed by atoms with Gasteiger partial charge in [0.25, 0.3) is 5.91 Å². The maximum absolute atomic E-state index is 12.2. The van der Waals surface area contributed by atoms with E-state index in [0.717, 1.165) is 6.04 Å². The van der Waals surface area contributed by atoms with E-state index in [2.05, 4.69) is 45.7 Å². The number of halogens is 1. The van der Waals surface area contributed by atoms with Gasteiger partial charge in [-0.1, -0.05) is 19.6 Å². The number of nitrogens with zero attached hydrogens (tertiary/aromatic N) is 4. The minimum absolute atomic E-state index is 0.178. The highest BCUT2D eigenvalue weighted by atomic mass is 79.9. The van der Waals surface area contributed by atoms with Crippen LogP contribution < -0.4 is 0 Å². The summed E-state index contributed by atoms with van der Waals surface area (Å²) in [6.07, 6.45) is 0.308. The first-order valence-electron chi connectivity index (χ1n) is 7.30. The van der Waals surface area contributed by atoms with Crippen LogP contribution in [0.4, 0.5) is 0 Å². The maximum Gasteiger partial charge on any atom is 0.262 e. The second-order valence-corrected chi connectivity index (χ2v) is 13.2. The first kappa shape index (κ1) is 17.6. The molecule has 0 spiro atoms. The lowest BCUT2D eigenvalue weighted by Crippen LogP contribution is -2.39. The quantitative estimate of drug-likeness (QED) is 0.586. The summed E-state index contributed by atoms with van der Waals surface area (Å²) in [5.41, 5.74) is -1.62. The zero-order chi connectivity index (χ0) is 16.5. The van der Waals surface area contributed by atoms with Crippen molar-refractivity contribution in [2.45, 2.75) is 44.4 Å². The molecule has 1 saturated heterocycles. The number of likely N-dealkylation sites (N-methyl/N-ethyl adjacent to an activating group) is 1. The molecule has 9 heteroatoms. The van der Waals surface area contributed by atoms with Gasteiger partial charge in [-0.3, -0.25) is 4.79 Å². The summed E-state index contributed by atoms with van der Waals surface area (Å²) in [7, 11) is 0.513. The van der Waals surface area contributed by atoms with Crippen molar-refractivity contribution < 1.29 is 14.6 Å². The molecule has 1 atom stereocenters. The summed E-state index contributed by atoms with van der Waals surface area (Å²) in [6.45, 7) is 8.16. The Morgan fingerprint density at radius 3 is 2.68 bits per heavy atom. The minimum Gasteiger partial charge on any atom is -0.373 e. The van der Waals surface area contributed by atoms with Crippen molar-refractivity contribution in [3.63, 3.8) is 0 Å². The molecule has 0 radical (unpaired) electrons. The average molecular weight is 391 g/mol. The fourth-order valence-electron chi connectivity index (χ4n) is 2.30. The highest BCUT2D eigenvalue weighted by molar-refractivity contribution is 9.10. The number of carbonyl (C=O) groups is 1. The van der Waals surface area contributed by atoms with Crippen molar-refractivity contribution in [3.05, 3.63) is 10.6 Å². The third-order valence-electron chi connectivity index (χ3n) is 3.74. The van der Waals surface area contributed by atoms with Gasteiger partial charge in [-0.15, -0.1) is 5.10 Å². The first-order chi connectivity index (χ1) is 10.1. The molecule has 1 aromatic heterocycles. The summed E-state index contributed by atoms with van der Waals surface area (Å²) in [5, 5.41) is 14.9. The molecular weight excluding hydrogens is 368 g/mol. The van der Waals surface area contributed by atoms with Crippen LogP contribution in [0.1, 0.15) is 12.2 Å². The van der Waals surface area contributed by atoms with Crippen molar-refractivity contribution in [1.29, 1.82) is 0 Å². The van der Waals surface area contributed by atoms with E-state index in [4.69, 9.17) is 4.74 Å². The normalized spacial score (nSPS) is 22.6. The van der Waals surface area contributed by atoms with Gasteiger partial charge in [0.2, 0.25) is 10.3 Å². The van der Waals surface area contributed by atoms with Crippen LogP contribution >= 0.6 is 15.9 Å². The van der Waals surface area contributed by atoms with Gasteiger partial charge in [0.15, 0.2) is 5.82 Å². The fourth-order valence-corrected chi connectivity index (χ4v) is 3.42. The van der Waals surface area contributed by atoms with Crippen molar-refractivity contribution in [2.75, 3.05) is 20.2 Å². The highest BCUT2D eigenvalue weighted by Gasteiger charge is 2.49. The second kappa shape index (κ2) is 6.38. The molecule has 0 unspecified atom stereocenters. The van der Waals surface area contributed by atoms with E-state index in [1.807, 2.05) is 0 Å². The van der Waals surface area contributed by atoms with Crippen molar-refractivity contribution >= 4 is 29.9 Å². The number of aromatic nitrogens is 3. The summed E-state index contributed by atoms with van der Waals surface area (Å²) in [5.74, 6) is -0.113. The van der Waals surface area contributed by atoms with Crippen LogP contribution in [0.5, 0.6) is 0 Å². The summed E-state index contributed by atoms with van der Waals surface area (Å²) < 4.78 is 7.46. The number of carbonyl (C=O) groups excluding carboxylic acids is 1. The molecule has 1 aromatic rings. The summed E-state index contributed by atoms with van der Waals surface area (Å²) >= 11 is 3.20. The maximum atomic E-state index is 12.2. The Morgan fingerprint density at radius 2 is 2.14 bits per heavy atom. The topological polar surface area (TPSA) is 80.5 Å². The van der Waals surface area contributed by atoms with Gasteiger partial charge in [-0.25, -0.2) is 9.67 Å². The van der Waals surface area contributed by atoms with E-state index in [9.17, 15) is 9.90 Å². The molecule has 22 heavy (non-hydrogen) atoms. The Kier molecular flexibility index (Phi) is 5.10. The van der Waals surface area contributed by atoms with Crippen LogP contribution in [0.2, 0.25) is 25.7 Å². The Balaban J connectivity index is 2.09. The Morgan fingerprint density at radius 1 is 1.45 bits per heavy atom. The predicted octanol–water partition coefficient (Wildman–Crippen LogP) is 1.40. The predicted molar refractivity (Wildman–Crippen MR) is 88.0 cm³/mol. The standard InChI is InChI=1S/C13H23BrN4O3Si/c1-17-6-5-13(20,11(17)19)10-15-12(14)16-18(10)9-21-7-8-22(2,3)4/h20H,5-9H2,1-4H3/t13-/m1/s1. The van der Waals surface area contributed by atoms with E-state index in [0.29, 0.717) is 24.3 Å². The third-order valence-corrected chi connectivity index (χ3v) is 5.78. The largest absolute Gasteiger partial charge is 0.373 e. The zero-order valence-corrected chi connectivity index (χ0v) is 16.1. The lowest BCUT2D eigenvalue weighted by molar-refractivity contribution is -0.144.